The van der Waals surface area contributed by atoms with Crippen LogP contribution in [-0.2, 0) is 17.9 Å². The van der Waals surface area contributed by atoms with E-state index in [0.29, 0.717) is 18.0 Å². The second-order valence-corrected chi connectivity index (χ2v) is 6.03. The van der Waals surface area contributed by atoms with Gasteiger partial charge in [-0.05, 0) is 17.7 Å². The van der Waals surface area contributed by atoms with Gasteiger partial charge in [-0.25, -0.2) is 4.98 Å². The van der Waals surface area contributed by atoms with Crippen LogP contribution in [0.3, 0.4) is 0 Å². The molecule has 0 unspecified atom stereocenters. The van der Waals surface area contributed by atoms with Crippen LogP contribution in [0.25, 0.3) is 0 Å². The van der Waals surface area contributed by atoms with Crippen molar-refractivity contribution >= 4 is 17.5 Å². The predicted molar refractivity (Wildman–Crippen MR) is 97.2 cm³/mol. The fraction of sp³-hybridized carbons (Fsp3) is 0.150. The number of nitrogens with zero attached hydrogens (tertiary/aromatic N) is 2. The molecule has 136 valence electrons. The van der Waals surface area contributed by atoms with Crippen LogP contribution < -0.4 is 15.0 Å². The highest BCUT2D eigenvalue weighted by Gasteiger charge is 2.27. The summed E-state index contributed by atoms with van der Waals surface area (Å²) in [6.45, 7) is 0.491. The summed E-state index contributed by atoms with van der Waals surface area (Å²) < 4.78 is 10.8. The van der Waals surface area contributed by atoms with Crippen molar-refractivity contribution in [2.24, 2.45) is 0 Å². The minimum Gasteiger partial charge on any atom is -0.482 e. The predicted octanol–water partition coefficient (Wildman–Crippen LogP) is 2.53. The van der Waals surface area contributed by atoms with Gasteiger partial charge in [-0.15, -0.1) is 0 Å². The van der Waals surface area contributed by atoms with Crippen LogP contribution in [0, 0.1) is 0 Å². The Labute approximate surface area is 155 Å². The first-order valence-corrected chi connectivity index (χ1v) is 8.49. The number of carbonyl (C=O) groups excluding carboxylic acids is 2. The molecule has 1 aliphatic rings. The van der Waals surface area contributed by atoms with Gasteiger partial charge in [0, 0.05) is 6.54 Å². The average molecular weight is 363 g/mol. The molecule has 4 rings (SSSR count). The summed E-state index contributed by atoms with van der Waals surface area (Å²) in [5.74, 6) is 0.388. The Morgan fingerprint density at radius 2 is 1.89 bits per heavy atom. The van der Waals surface area contributed by atoms with Crippen LogP contribution in [0.4, 0.5) is 5.69 Å². The Morgan fingerprint density at radius 1 is 1.11 bits per heavy atom. The Hall–Kier alpha value is -3.61. The van der Waals surface area contributed by atoms with E-state index in [0.717, 1.165) is 5.56 Å². The summed E-state index contributed by atoms with van der Waals surface area (Å²) in [7, 11) is 0. The SMILES string of the molecule is O=C(NCc1ccccc1)c1coc(CN2C(=O)COc3ccccc32)n1. The lowest BCUT2D eigenvalue weighted by Crippen LogP contribution is -2.38. The van der Waals surface area contributed by atoms with Crippen molar-refractivity contribution in [3.8, 4) is 5.75 Å². The molecule has 0 aliphatic carbocycles. The van der Waals surface area contributed by atoms with Gasteiger partial charge in [0.2, 0.25) is 5.89 Å². The fourth-order valence-corrected chi connectivity index (χ4v) is 2.82. The smallest absolute Gasteiger partial charge is 0.273 e. The van der Waals surface area contributed by atoms with E-state index in [1.54, 1.807) is 12.1 Å². The van der Waals surface area contributed by atoms with E-state index in [9.17, 15) is 9.59 Å². The number of para-hydroxylation sites is 2. The van der Waals surface area contributed by atoms with E-state index < -0.39 is 0 Å². The third-order valence-corrected chi connectivity index (χ3v) is 4.18. The van der Waals surface area contributed by atoms with Gasteiger partial charge in [-0.3, -0.25) is 14.5 Å². The number of hydrogen-bond acceptors (Lipinski definition) is 5. The van der Waals surface area contributed by atoms with Crippen molar-refractivity contribution in [1.29, 1.82) is 0 Å². The van der Waals surface area contributed by atoms with E-state index in [1.807, 2.05) is 42.5 Å². The Balaban J connectivity index is 1.44. The van der Waals surface area contributed by atoms with Gasteiger partial charge >= 0.3 is 0 Å². The highest BCUT2D eigenvalue weighted by molar-refractivity contribution is 5.97. The number of fused-ring (bicyclic) bond motifs is 1. The number of aromatic nitrogens is 1. The molecule has 0 spiro atoms. The normalized spacial score (nSPS) is 13.0. The van der Waals surface area contributed by atoms with E-state index in [4.69, 9.17) is 9.15 Å². The van der Waals surface area contributed by atoms with Gasteiger partial charge in [-0.1, -0.05) is 42.5 Å². The third-order valence-electron chi connectivity index (χ3n) is 4.18. The lowest BCUT2D eigenvalue weighted by atomic mass is 10.2. The van der Waals surface area contributed by atoms with Crippen LogP contribution in [0.2, 0.25) is 0 Å². The zero-order valence-electron chi connectivity index (χ0n) is 14.4. The number of hydrogen-bond donors (Lipinski definition) is 1. The highest BCUT2D eigenvalue weighted by Crippen LogP contribution is 2.32. The van der Waals surface area contributed by atoms with Crippen molar-refractivity contribution < 1.29 is 18.7 Å². The monoisotopic (exact) mass is 363 g/mol. The largest absolute Gasteiger partial charge is 0.482 e. The Kier molecular flexibility index (Phi) is 4.57. The number of rotatable bonds is 5. The van der Waals surface area contributed by atoms with Crippen LogP contribution in [0.1, 0.15) is 21.9 Å². The summed E-state index contributed by atoms with van der Waals surface area (Å²) in [5, 5.41) is 2.79. The first kappa shape index (κ1) is 16.8. The number of carbonyl (C=O) groups is 2. The van der Waals surface area contributed by atoms with Gasteiger partial charge in [0.1, 0.15) is 18.6 Å². The number of amides is 2. The number of anilines is 1. The Morgan fingerprint density at radius 3 is 2.74 bits per heavy atom. The van der Waals surface area contributed by atoms with Crippen molar-refractivity contribution in [3.05, 3.63) is 78.0 Å². The maximum atomic E-state index is 12.3. The van der Waals surface area contributed by atoms with Crippen LogP contribution in [0.5, 0.6) is 5.75 Å². The average Bonchev–Trinajstić information content (AvgIpc) is 3.18. The molecule has 2 aromatic carbocycles. The fourth-order valence-electron chi connectivity index (χ4n) is 2.82. The Bertz CT molecular complexity index is 968. The van der Waals surface area contributed by atoms with Crippen LogP contribution in [0.15, 0.2) is 65.3 Å². The van der Waals surface area contributed by atoms with E-state index in [2.05, 4.69) is 10.3 Å². The number of nitrogens with one attached hydrogen (secondary N) is 1. The molecule has 1 aliphatic heterocycles. The van der Waals surface area contributed by atoms with Gasteiger partial charge < -0.3 is 14.5 Å². The van der Waals surface area contributed by atoms with Gasteiger partial charge in [0.05, 0.1) is 5.69 Å². The summed E-state index contributed by atoms with van der Waals surface area (Å²) in [4.78, 5) is 30.2. The van der Waals surface area contributed by atoms with Crippen LogP contribution in [-0.4, -0.2) is 23.4 Å². The molecular weight excluding hydrogens is 346 g/mol. The zero-order valence-corrected chi connectivity index (χ0v) is 14.4. The molecule has 0 atom stereocenters. The lowest BCUT2D eigenvalue weighted by Gasteiger charge is -2.28. The molecule has 0 bridgehead atoms. The first-order chi connectivity index (χ1) is 13.2. The van der Waals surface area contributed by atoms with Gasteiger partial charge in [0.15, 0.2) is 12.3 Å². The first-order valence-electron chi connectivity index (χ1n) is 8.49. The molecule has 0 radical (unpaired) electrons. The third kappa shape index (κ3) is 3.67. The molecule has 1 N–H and O–H groups in total. The highest BCUT2D eigenvalue weighted by atomic mass is 16.5. The topological polar surface area (TPSA) is 84.7 Å². The molecule has 7 heteroatoms. The molecule has 2 amide bonds. The number of ether oxygens (including phenoxy) is 1. The van der Waals surface area contributed by atoms with E-state index >= 15 is 0 Å². The van der Waals surface area contributed by atoms with Crippen molar-refractivity contribution in [3.63, 3.8) is 0 Å². The number of oxazole rings is 1. The molecular formula is C20H17N3O4. The van der Waals surface area contributed by atoms with Crippen molar-refractivity contribution in [1.82, 2.24) is 10.3 Å². The summed E-state index contributed by atoms with van der Waals surface area (Å²) >= 11 is 0. The maximum Gasteiger partial charge on any atom is 0.273 e. The quantitative estimate of drug-likeness (QED) is 0.753. The number of benzene rings is 2. The summed E-state index contributed by atoms with van der Waals surface area (Å²) in [6, 6.07) is 16.8. The maximum absolute atomic E-state index is 12.3. The summed E-state index contributed by atoms with van der Waals surface area (Å²) in [6.07, 6.45) is 1.30. The second-order valence-electron chi connectivity index (χ2n) is 6.03. The minimum atomic E-state index is -0.331. The lowest BCUT2D eigenvalue weighted by molar-refractivity contribution is -0.121. The van der Waals surface area contributed by atoms with E-state index in [-0.39, 0.29) is 36.6 Å². The molecule has 27 heavy (non-hydrogen) atoms. The minimum absolute atomic E-state index is 0.0395. The van der Waals surface area contributed by atoms with Crippen molar-refractivity contribution in [2.75, 3.05) is 11.5 Å². The van der Waals surface area contributed by atoms with Gasteiger partial charge in [-0.2, -0.15) is 0 Å². The molecule has 7 nitrogen and oxygen atoms in total. The van der Waals surface area contributed by atoms with E-state index in [1.165, 1.54) is 11.2 Å². The van der Waals surface area contributed by atoms with Crippen molar-refractivity contribution in [2.45, 2.75) is 13.1 Å². The molecule has 1 aromatic heterocycles. The molecule has 0 fully saturated rings. The molecule has 0 saturated carbocycles. The molecule has 2 heterocycles. The zero-order chi connectivity index (χ0) is 18.6. The second kappa shape index (κ2) is 7.33. The standard InChI is InChI=1S/C20H17N3O4/c24-19-13-26-17-9-5-4-8-16(17)23(19)11-18-22-15(12-27-18)20(25)21-10-14-6-2-1-3-7-14/h1-9,12H,10-11,13H2,(H,21,25). The van der Waals surface area contributed by atoms with Crippen LogP contribution >= 0.6 is 0 Å². The summed E-state index contributed by atoms with van der Waals surface area (Å²) in [5.41, 5.74) is 1.82. The molecule has 0 saturated heterocycles. The molecule has 3 aromatic rings. The van der Waals surface area contributed by atoms with Gasteiger partial charge in [0.25, 0.3) is 11.8 Å².